The highest BCUT2D eigenvalue weighted by atomic mass is 16.6. The Hall–Kier alpha value is -3.28. The predicted octanol–water partition coefficient (Wildman–Crippen LogP) is 3.45. The van der Waals surface area contributed by atoms with E-state index in [2.05, 4.69) is 4.99 Å². The maximum atomic E-state index is 12.2. The third-order valence-electron chi connectivity index (χ3n) is 3.71. The van der Waals surface area contributed by atoms with E-state index in [4.69, 9.17) is 18.9 Å². The summed E-state index contributed by atoms with van der Waals surface area (Å²) in [6, 6.07) is 12.6. The van der Waals surface area contributed by atoms with Crippen molar-refractivity contribution in [2.24, 2.45) is 4.99 Å². The number of nitrogens with zero attached hydrogens (tertiary/aromatic N) is 1. The SMILES string of the molecule is CCOc1ccccc1C1=NC(=Cc2cc(OC)cc(OC)c2)C(=O)O1. The van der Waals surface area contributed by atoms with Crippen molar-refractivity contribution >= 4 is 17.9 Å². The van der Waals surface area contributed by atoms with Gasteiger partial charge in [0, 0.05) is 6.07 Å². The number of methoxy groups -OCH3 is 2. The van der Waals surface area contributed by atoms with E-state index in [-0.39, 0.29) is 11.6 Å². The lowest BCUT2D eigenvalue weighted by atomic mass is 10.1. The van der Waals surface area contributed by atoms with E-state index < -0.39 is 5.97 Å². The number of hydrogen-bond donors (Lipinski definition) is 0. The van der Waals surface area contributed by atoms with Crippen molar-refractivity contribution in [1.29, 1.82) is 0 Å². The average Bonchev–Trinajstić information content (AvgIpc) is 3.02. The fraction of sp³-hybridized carbons (Fsp3) is 0.200. The molecule has 0 aromatic heterocycles. The molecular weight excluding hydrogens is 334 g/mol. The van der Waals surface area contributed by atoms with Crippen molar-refractivity contribution in [3.8, 4) is 17.2 Å². The molecule has 2 aromatic rings. The van der Waals surface area contributed by atoms with Crippen LogP contribution in [0.25, 0.3) is 6.08 Å². The lowest BCUT2D eigenvalue weighted by Gasteiger charge is -2.08. The molecule has 1 heterocycles. The van der Waals surface area contributed by atoms with Crippen LogP contribution in [-0.4, -0.2) is 32.7 Å². The van der Waals surface area contributed by atoms with Gasteiger partial charge in [0.15, 0.2) is 5.70 Å². The Morgan fingerprint density at radius 1 is 1.08 bits per heavy atom. The van der Waals surface area contributed by atoms with Gasteiger partial charge in [-0.3, -0.25) is 0 Å². The highest BCUT2D eigenvalue weighted by Crippen LogP contribution is 2.28. The fourth-order valence-electron chi connectivity index (χ4n) is 2.52. The first-order chi connectivity index (χ1) is 12.6. The number of esters is 1. The van der Waals surface area contributed by atoms with Gasteiger partial charge in [-0.2, -0.15) is 0 Å². The molecular formula is C20H19NO5. The topological polar surface area (TPSA) is 66.3 Å². The van der Waals surface area contributed by atoms with Crippen molar-refractivity contribution < 1.29 is 23.7 Å². The molecule has 2 aromatic carbocycles. The molecule has 0 bridgehead atoms. The van der Waals surface area contributed by atoms with Crippen LogP contribution in [0.4, 0.5) is 0 Å². The minimum absolute atomic E-state index is 0.196. The Labute approximate surface area is 151 Å². The van der Waals surface area contributed by atoms with Crippen LogP contribution in [0.3, 0.4) is 0 Å². The van der Waals surface area contributed by atoms with Gasteiger partial charge in [-0.15, -0.1) is 0 Å². The van der Waals surface area contributed by atoms with Crippen molar-refractivity contribution in [2.75, 3.05) is 20.8 Å². The van der Waals surface area contributed by atoms with E-state index in [0.717, 1.165) is 5.56 Å². The summed E-state index contributed by atoms with van der Waals surface area (Å²) in [7, 11) is 3.13. The Morgan fingerprint density at radius 3 is 2.42 bits per heavy atom. The number of aliphatic imine (C=N–C) groups is 1. The first-order valence-electron chi connectivity index (χ1n) is 8.12. The smallest absolute Gasteiger partial charge is 0.363 e. The van der Waals surface area contributed by atoms with Crippen LogP contribution >= 0.6 is 0 Å². The van der Waals surface area contributed by atoms with Crippen LogP contribution in [0.2, 0.25) is 0 Å². The summed E-state index contributed by atoms with van der Waals surface area (Å²) in [5, 5.41) is 0. The number of cyclic esters (lactones) is 1. The van der Waals surface area contributed by atoms with Gasteiger partial charge in [0.05, 0.1) is 26.4 Å². The first kappa shape index (κ1) is 17.5. The van der Waals surface area contributed by atoms with Crippen LogP contribution in [-0.2, 0) is 9.53 Å². The molecule has 0 amide bonds. The van der Waals surface area contributed by atoms with E-state index >= 15 is 0 Å². The number of para-hydroxylation sites is 1. The van der Waals surface area contributed by atoms with Crippen molar-refractivity contribution in [3.05, 3.63) is 59.3 Å². The Balaban J connectivity index is 1.97. The molecule has 6 heteroatoms. The monoisotopic (exact) mass is 353 g/mol. The van der Waals surface area contributed by atoms with Crippen molar-refractivity contribution in [1.82, 2.24) is 0 Å². The number of ether oxygens (including phenoxy) is 4. The highest BCUT2D eigenvalue weighted by Gasteiger charge is 2.26. The fourth-order valence-corrected chi connectivity index (χ4v) is 2.52. The molecule has 1 aliphatic rings. The van der Waals surface area contributed by atoms with Gasteiger partial charge in [-0.25, -0.2) is 9.79 Å². The van der Waals surface area contributed by atoms with Gasteiger partial charge in [0.25, 0.3) is 0 Å². The van der Waals surface area contributed by atoms with Gasteiger partial charge >= 0.3 is 5.97 Å². The third kappa shape index (κ3) is 3.69. The van der Waals surface area contributed by atoms with Gasteiger partial charge in [0.1, 0.15) is 17.2 Å². The van der Waals surface area contributed by atoms with E-state index in [1.807, 2.05) is 25.1 Å². The Bertz CT molecular complexity index is 863. The molecule has 0 unspecified atom stereocenters. The highest BCUT2D eigenvalue weighted by molar-refractivity contribution is 6.13. The van der Waals surface area contributed by atoms with E-state index in [1.165, 1.54) is 0 Å². The largest absolute Gasteiger partial charge is 0.497 e. The van der Waals surface area contributed by atoms with E-state index in [0.29, 0.717) is 29.4 Å². The summed E-state index contributed by atoms with van der Waals surface area (Å²) in [6.45, 7) is 2.39. The molecule has 0 atom stereocenters. The molecule has 0 saturated heterocycles. The van der Waals surface area contributed by atoms with Crippen molar-refractivity contribution in [2.45, 2.75) is 6.92 Å². The minimum Gasteiger partial charge on any atom is -0.497 e. The van der Waals surface area contributed by atoms with Crippen LogP contribution in [0, 0.1) is 0 Å². The van der Waals surface area contributed by atoms with Crippen LogP contribution in [0.15, 0.2) is 53.2 Å². The van der Waals surface area contributed by atoms with Gasteiger partial charge in [-0.05, 0) is 42.8 Å². The summed E-state index contributed by atoms with van der Waals surface area (Å²) < 4.78 is 21.4. The second-order valence-corrected chi connectivity index (χ2v) is 5.41. The number of benzene rings is 2. The predicted molar refractivity (Wildman–Crippen MR) is 97.8 cm³/mol. The Morgan fingerprint density at radius 2 is 1.77 bits per heavy atom. The molecule has 1 aliphatic heterocycles. The second-order valence-electron chi connectivity index (χ2n) is 5.41. The second kappa shape index (κ2) is 7.74. The zero-order valence-corrected chi connectivity index (χ0v) is 14.8. The number of carbonyl (C=O) groups is 1. The maximum Gasteiger partial charge on any atom is 0.363 e. The first-order valence-corrected chi connectivity index (χ1v) is 8.12. The van der Waals surface area contributed by atoms with E-state index in [9.17, 15) is 4.79 Å². The maximum absolute atomic E-state index is 12.2. The summed E-state index contributed by atoms with van der Waals surface area (Å²) in [4.78, 5) is 16.6. The van der Waals surface area contributed by atoms with Crippen molar-refractivity contribution in [3.63, 3.8) is 0 Å². The summed E-state index contributed by atoms with van der Waals surface area (Å²) >= 11 is 0. The summed E-state index contributed by atoms with van der Waals surface area (Å²) in [6.07, 6.45) is 1.63. The molecule has 6 nitrogen and oxygen atoms in total. The van der Waals surface area contributed by atoms with Crippen LogP contribution in [0.1, 0.15) is 18.1 Å². The molecule has 0 N–H and O–H groups in total. The zero-order chi connectivity index (χ0) is 18.5. The Kier molecular flexibility index (Phi) is 5.22. The molecule has 0 aliphatic carbocycles. The molecule has 26 heavy (non-hydrogen) atoms. The number of hydrogen-bond acceptors (Lipinski definition) is 6. The average molecular weight is 353 g/mol. The quantitative estimate of drug-likeness (QED) is 0.588. The minimum atomic E-state index is -0.520. The lowest BCUT2D eigenvalue weighted by molar-refractivity contribution is -0.129. The van der Waals surface area contributed by atoms with Gasteiger partial charge in [0.2, 0.25) is 5.90 Å². The standard InChI is InChI=1S/C20H19NO5/c1-4-25-18-8-6-5-7-16(18)19-21-17(20(22)26-19)11-13-9-14(23-2)12-15(10-13)24-3/h5-12H,4H2,1-3H3. The normalized spacial score (nSPS) is 14.8. The van der Waals surface area contributed by atoms with E-state index in [1.54, 1.807) is 44.6 Å². The molecule has 0 spiro atoms. The lowest BCUT2D eigenvalue weighted by Crippen LogP contribution is -2.07. The van der Waals surface area contributed by atoms with Crippen LogP contribution < -0.4 is 14.2 Å². The number of carbonyl (C=O) groups excluding carboxylic acids is 1. The molecule has 0 radical (unpaired) electrons. The number of rotatable bonds is 6. The molecule has 0 saturated carbocycles. The zero-order valence-electron chi connectivity index (χ0n) is 14.8. The van der Waals surface area contributed by atoms with Crippen LogP contribution in [0.5, 0.6) is 17.2 Å². The third-order valence-corrected chi connectivity index (χ3v) is 3.71. The summed E-state index contributed by atoms with van der Waals surface area (Å²) in [5.74, 6) is 1.56. The van der Waals surface area contributed by atoms with Gasteiger partial charge < -0.3 is 18.9 Å². The molecule has 0 fully saturated rings. The van der Waals surface area contributed by atoms with Gasteiger partial charge in [-0.1, -0.05) is 12.1 Å². The molecule has 134 valence electrons. The molecule has 3 rings (SSSR count). The summed E-state index contributed by atoms with van der Waals surface area (Å²) in [5.41, 5.74) is 1.55.